The summed E-state index contributed by atoms with van der Waals surface area (Å²) in [6, 6.07) is 9.48. The first-order valence-corrected chi connectivity index (χ1v) is 11.9. The highest BCUT2D eigenvalue weighted by Crippen LogP contribution is 2.57. The number of ether oxygens (including phenoxy) is 1. The Kier molecular flexibility index (Phi) is 6.17. The summed E-state index contributed by atoms with van der Waals surface area (Å²) >= 11 is 2.32. The number of phenolic OH excluding ortho intramolecular Hbond substituents is 1. The summed E-state index contributed by atoms with van der Waals surface area (Å²) < 4.78 is 6.98. The molecule has 0 saturated carbocycles. The van der Waals surface area contributed by atoms with Crippen LogP contribution in [0.5, 0.6) is 11.5 Å². The molecule has 1 amide bonds. The van der Waals surface area contributed by atoms with E-state index >= 15 is 0 Å². The summed E-state index contributed by atoms with van der Waals surface area (Å²) in [6.07, 6.45) is 2.37. The summed E-state index contributed by atoms with van der Waals surface area (Å²) in [5.41, 5.74) is 1.95. The lowest BCUT2D eigenvalue weighted by Gasteiger charge is -2.43. The maximum atomic E-state index is 12.8. The fourth-order valence-electron chi connectivity index (χ4n) is 4.87. The zero-order valence-corrected chi connectivity index (χ0v) is 20.0. The lowest BCUT2D eigenvalue weighted by Crippen LogP contribution is -2.48. The second-order valence-corrected chi connectivity index (χ2v) is 9.20. The Morgan fingerprint density at radius 2 is 2.06 bits per heavy atom. The quantitative estimate of drug-likeness (QED) is 0.396. The Bertz CT molecular complexity index is 1120. The van der Waals surface area contributed by atoms with Crippen LogP contribution in [0.3, 0.4) is 0 Å². The maximum absolute atomic E-state index is 12.8. The van der Waals surface area contributed by atoms with Crippen molar-refractivity contribution in [3.8, 4) is 11.5 Å². The first kappa shape index (κ1) is 22.6. The third-order valence-electron chi connectivity index (χ3n) is 6.49. The Morgan fingerprint density at radius 1 is 1.31 bits per heavy atom. The van der Waals surface area contributed by atoms with Gasteiger partial charge in [0, 0.05) is 28.3 Å². The molecule has 2 aliphatic heterocycles. The largest absolute Gasteiger partial charge is 0.504 e. The number of benzene rings is 2. The second-order valence-electron chi connectivity index (χ2n) is 8.44. The summed E-state index contributed by atoms with van der Waals surface area (Å²) in [5, 5.41) is 22.5. The van der Waals surface area contributed by atoms with Crippen LogP contribution in [0.25, 0.3) is 0 Å². The number of phenols is 1. The molecule has 0 bridgehead atoms. The van der Waals surface area contributed by atoms with E-state index in [1.165, 1.54) is 12.1 Å². The third kappa shape index (κ3) is 3.75. The molecular weight excluding hydrogens is 523 g/mol. The van der Waals surface area contributed by atoms with E-state index in [2.05, 4.69) is 46.8 Å². The van der Waals surface area contributed by atoms with Crippen LogP contribution in [0.15, 0.2) is 48.4 Å². The molecule has 168 valence electrons. The van der Waals surface area contributed by atoms with E-state index < -0.39 is 17.3 Å². The number of carbonyl (C=O) groups excluding carboxylic acids is 1. The highest BCUT2D eigenvalue weighted by atomic mass is 127. The minimum Gasteiger partial charge on any atom is -0.504 e. The van der Waals surface area contributed by atoms with Gasteiger partial charge in [-0.1, -0.05) is 41.6 Å². The zero-order valence-electron chi connectivity index (χ0n) is 17.9. The molecular formula is C24H25IN2O5. The smallest absolute Gasteiger partial charge is 0.335 e. The number of nitrogens with zero attached hydrogens (tertiary/aromatic N) is 1. The normalized spacial score (nSPS) is 23.7. The van der Waals surface area contributed by atoms with Crippen LogP contribution in [0.4, 0.5) is 0 Å². The minimum atomic E-state index is -1.09. The number of alkyl halides is 1. The van der Waals surface area contributed by atoms with Crippen LogP contribution in [-0.2, 0) is 9.84 Å². The molecule has 32 heavy (non-hydrogen) atoms. The molecule has 0 aromatic heterocycles. The highest BCUT2D eigenvalue weighted by molar-refractivity contribution is 14.1. The Labute approximate surface area is 200 Å². The Morgan fingerprint density at radius 3 is 2.75 bits per heavy atom. The molecule has 7 nitrogen and oxygen atoms in total. The van der Waals surface area contributed by atoms with Gasteiger partial charge in [-0.15, -0.1) is 0 Å². The van der Waals surface area contributed by atoms with Crippen molar-refractivity contribution >= 4 is 34.5 Å². The van der Waals surface area contributed by atoms with Crippen molar-refractivity contribution in [2.24, 2.45) is 5.92 Å². The molecule has 2 aromatic rings. The van der Waals surface area contributed by atoms with Crippen LogP contribution in [-0.4, -0.2) is 47.1 Å². The van der Waals surface area contributed by atoms with Crippen molar-refractivity contribution in [1.82, 2.24) is 10.2 Å². The average molecular weight is 548 g/mol. The number of aromatic carboxylic acids is 1. The number of piperidine rings is 1. The number of halogens is 1. The Balaban J connectivity index is 1.74. The van der Waals surface area contributed by atoms with Crippen molar-refractivity contribution in [2.45, 2.75) is 23.2 Å². The number of fused-ring (bicyclic) bond motifs is 2. The van der Waals surface area contributed by atoms with E-state index in [0.717, 1.165) is 35.1 Å². The number of likely N-dealkylation sites (tertiary alicyclic amines) is 1. The van der Waals surface area contributed by atoms with Crippen molar-refractivity contribution in [1.29, 1.82) is 0 Å². The van der Waals surface area contributed by atoms with E-state index in [1.54, 1.807) is 24.4 Å². The van der Waals surface area contributed by atoms with Gasteiger partial charge in [-0.25, -0.2) is 4.79 Å². The van der Waals surface area contributed by atoms with Gasteiger partial charge in [0.25, 0.3) is 5.91 Å². The van der Waals surface area contributed by atoms with Crippen molar-refractivity contribution < 1.29 is 24.5 Å². The van der Waals surface area contributed by atoms with Gasteiger partial charge in [-0.3, -0.25) is 4.79 Å². The molecule has 0 radical (unpaired) electrons. The van der Waals surface area contributed by atoms with Crippen LogP contribution in [0, 0.1) is 5.92 Å². The summed E-state index contributed by atoms with van der Waals surface area (Å²) in [5.74, 6) is -0.178. The summed E-state index contributed by atoms with van der Waals surface area (Å²) in [4.78, 5) is 26.3. The molecule has 1 spiro atoms. The van der Waals surface area contributed by atoms with Crippen LogP contribution in [0.1, 0.15) is 45.2 Å². The van der Waals surface area contributed by atoms with E-state index in [9.17, 15) is 19.8 Å². The van der Waals surface area contributed by atoms with Gasteiger partial charge in [0.1, 0.15) is 5.76 Å². The van der Waals surface area contributed by atoms with Crippen molar-refractivity contribution in [3.63, 3.8) is 0 Å². The summed E-state index contributed by atoms with van der Waals surface area (Å²) in [6.45, 7) is 3.88. The van der Waals surface area contributed by atoms with Crippen molar-refractivity contribution in [3.05, 3.63) is 70.6 Å². The number of carbonyl (C=O) groups is 2. The van der Waals surface area contributed by atoms with Crippen molar-refractivity contribution in [2.75, 3.05) is 20.1 Å². The van der Waals surface area contributed by atoms with Gasteiger partial charge in [0.05, 0.1) is 11.0 Å². The first-order valence-electron chi connectivity index (χ1n) is 10.4. The van der Waals surface area contributed by atoms with E-state index in [-0.39, 0.29) is 22.8 Å². The number of hydrogen-bond donors (Lipinski definition) is 3. The van der Waals surface area contributed by atoms with Gasteiger partial charge < -0.3 is 25.2 Å². The number of aromatic hydroxyl groups is 1. The standard InChI is InChI=1S/C24H25IN2O5/c1-14-13-27(2)9-8-24(14)19(32-21-18(28)7-6-17(11-25)20(21)24)12-26-22(29)15-4-3-5-16(10-15)23(30)31/h3-7,10,12,14,28H,8-9,11,13H2,1-2H3,(H,26,29)(H,30,31)/b19-12+. The highest BCUT2D eigenvalue weighted by Gasteiger charge is 2.53. The zero-order chi connectivity index (χ0) is 23.0. The predicted molar refractivity (Wildman–Crippen MR) is 128 cm³/mol. The maximum Gasteiger partial charge on any atom is 0.335 e. The Hall–Kier alpha value is -2.59. The lowest BCUT2D eigenvalue weighted by molar-refractivity contribution is 0.0697. The van der Waals surface area contributed by atoms with Gasteiger partial charge in [0.15, 0.2) is 11.5 Å². The van der Waals surface area contributed by atoms with Gasteiger partial charge >= 0.3 is 5.97 Å². The van der Waals surface area contributed by atoms with E-state index in [4.69, 9.17) is 4.74 Å². The molecule has 1 fully saturated rings. The monoisotopic (exact) mass is 548 g/mol. The molecule has 8 heteroatoms. The van der Waals surface area contributed by atoms with E-state index in [1.807, 2.05) is 6.07 Å². The average Bonchev–Trinajstić information content (AvgIpc) is 3.11. The number of rotatable bonds is 4. The molecule has 2 unspecified atom stereocenters. The number of allylic oxidation sites excluding steroid dienone is 1. The molecule has 4 rings (SSSR count). The number of carboxylic acid groups (broad SMARTS) is 1. The lowest BCUT2D eigenvalue weighted by atomic mass is 9.65. The SMILES string of the molecule is CC1CN(C)CCC12/C(=C\NC(=O)c1cccc(C(=O)O)c1)Oc1c(O)ccc(CI)c12. The molecule has 2 heterocycles. The fourth-order valence-corrected chi connectivity index (χ4v) is 5.51. The van der Waals surface area contributed by atoms with Gasteiger partial charge in [-0.2, -0.15) is 0 Å². The molecule has 3 N–H and O–H groups in total. The number of amides is 1. The summed E-state index contributed by atoms with van der Waals surface area (Å²) in [7, 11) is 2.09. The van der Waals surface area contributed by atoms with Crippen LogP contribution in [0.2, 0.25) is 0 Å². The number of hydrogen-bond acceptors (Lipinski definition) is 5. The molecule has 2 aliphatic rings. The molecule has 2 aromatic carbocycles. The number of nitrogens with one attached hydrogen (secondary N) is 1. The van der Waals surface area contributed by atoms with E-state index in [0.29, 0.717) is 11.5 Å². The second kappa shape index (κ2) is 8.74. The van der Waals surface area contributed by atoms with Gasteiger partial charge in [0.2, 0.25) is 0 Å². The molecule has 0 aliphatic carbocycles. The minimum absolute atomic E-state index is 0.0480. The van der Waals surface area contributed by atoms with Crippen LogP contribution < -0.4 is 10.1 Å². The third-order valence-corrected chi connectivity index (χ3v) is 7.31. The predicted octanol–water partition coefficient (Wildman–Crippen LogP) is 3.90. The number of carboxylic acids is 1. The van der Waals surface area contributed by atoms with Crippen LogP contribution >= 0.6 is 22.6 Å². The van der Waals surface area contributed by atoms with Gasteiger partial charge in [-0.05, 0) is 55.8 Å². The fraction of sp³-hybridized carbons (Fsp3) is 0.333. The topological polar surface area (TPSA) is 99.1 Å². The first-order chi connectivity index (χ1) is 15.3. The molecule has 2 atom stereocenters. The molecule has 1 saturated heterocycles.